The van der Waals surface area contributed by atoms with Crippen LogP contribution in [0.2, 0.25) is 0 Å². The number of hydrogen-bond acceptors (Lipinski definition) is 5. The minimum Gasteiger partial charge on any atom is -0.496 e. The highest BCUT2D eigenvalue weighted by Crippen LogP contribution is 2.28. The molecule has 0 aliphatic heterocycles. The molecule has 1 atom stereocenters. The van der Waals surface area contributed by atoms with E-state index in [0.29, 0.717) is 17.5 Å². The molecule has 1 N–H and O–H groups in total. The van der Waals surface area contributed by atoms with Crippen molar-refractivity contribution in [1.82, 2.24) is 15.5 Å². The first-order valence-electron chi connectivity index (χ1n) is 8.14. The lowest BCUT2D eigenvalue weighted by atomic mass is 10.0. The summed E-state index contributed by atoms with van der Waals surface area (Å²) in [6.07, 6.45) is 3.22. The Hall–Kier alpha value is -3.41. The topological polar surface area (TPSA) is 77.2 Å². The maximum Gasteiger partial charge on any atom is 0.244 e. The number of aromatic nitrogens is 2. The minimum atomic E-state index is -0.587. The molecule has 26 heavy (non-hydrogen) atoms. The number of ether oxygens (including phenoxy) is 1. The third-order valence-corrected chi connectivity index (χ3v) is 3.76. The smallest absolute Gasteiger partial charge is 0.244 e. The number of nitrogens with zero attached hydrogens (tertiary/aromatic N) is 2. The first-order chi connectivity index (χ1) is 12.7. The Morgan fingerprint density at radius 2 is 1.88 bits per heavy atom. The number of carbonyl (C=O) groups is 1. The van der Waals surface area contributed by atoms with Gasteiger partial charge in [-0.3, -0.25) is 4.79 Å². The van der Waals surface area contributed by atoms with Crippen LogP contribution >= 0.6 is 0 Å². The molecule has 0 unspecified atom stereocenters. The summed E-state index contributed by atoms with van der Waals surface area (Å²) in [7, 11) is 1.58. The fourth-order valence-corrected chi connectivity index (χ4v) is 2.54. The van der Waals surface area contributed by atoms with Crippen LogP contribution in [-0.2, 0) is 4.79 Å². The fourth-order valence-electron chi connectivity index (χ4n) is 2.54. The summed E-state index contributed by atoms with van der Waals surface area (Å²) < 4.78 is 10.5. The molecule has 0 radical (unpaired) electrons. The van der Waals surface area contributed by atoms with Gasteiger partial charge in [-0.05, 0) is 17.7 Å². The van der Waals surface area contributed by atoms with Crippen molar-refractivity contribution in [2.75, 3.05) is 7.11 Å². The second-order valence-electron chi connectivity index (χ2n) is 5.60. The van der Waals surface area contributed by atoms with Gasteiger partial charge in [0.25, 0.3) is 0 Å². The number of methoxy groups -OCH3 is 1. The van der Waals surface area contributed by atoms with Gasteiger partial charge in [0.2, 0.25) is 11.8 Å². The maximum absolute atomic E-state index is 12.5. The fraction of sp³-hybridized carbons (Fsp3) is 0.150. The second kappa shape index (κ2) is 8.11. The Labute approximate surface area is 151 Å². The molecule has 0 bridgehead atoms. The van der Waals surface area contributed by atoms with Crippen molar-refractivity contribution in [3.8, 4) is 5.75 Å². The van der Waals surface area contributed by atoms with E-state index >= 15 is 0 Å². The zero-order valence-corrected chi connectivity index (χ0v) is 14.5. The van der Waals surface area contributed by atoms with Crippen LogP contribution in [0.1, 0.15) is 28.9 Å². The Morgan fingerprint density at radius 1 is 1.15 bits per heavy atom. The number of amides is 1. The molecule has 0 spiro atoms. The Kier molecular flexibility index (Phi) is 5.43. The van der Waals surface area contributed by atoms with Crippen LogP contribution in [0.5, 0.6) is 5.75 Å². The summed E-state index contributed by atoms with van der Waals surface area (Å²) in [5.74, 6) is 1.15. The average molecular weight is 349 g/mol. The molecule has 1 aromatic heterocycles. The van der Waals surface area contributed by atoms with Crippen molar-refractivity contribution in [3.05, 3.63) is 83.5 Å². The van der Waals surface area contributed by atoms with Crippen LogP contribution in [0.15, 0.2) is 65.2 Å². The van der Waals surface area contributed by atoms with Gasteiger partial charge in [0.1, 0.15) is 11.8 Å². The van der Waals surface area contributed by atoms with E-state index in [2.05, 4.69) is 15.5 Å². The van der Waals surface area contributed by atoms with E-state index in [-0.39, 0.29) is 5.91 Å². The van der Waals surface area contributed by atoms with Gasteiger partial charge < -0.3 is 14.6 Å². The Morgan fingerprint density at radius 3 is 2.58 bits per heavy atom. The highest BCUT2D eigenvalue weighted by Gasteiger charge is 2.24. The largest absolute Gasteiger partial charge is 0.496 e. The summed E-state index contributed by atoms with van der Waals surface area (Å²) in [5, 5.41) is 6.88. The van der Waals surface area contributed by atoms with Gasteiger partial charge in [0, 0.05) is 18.6 Å². The Balaban J connectivity index is 1.87. The SMILES string of the molecule is COc1ccccc1[C@@H](NC(=O)/C=C/c1ccccc1)c1noc(C)n1. The zero-order valence-electron chi connectivity index (χ0n) is 14.5. The predicted octanol–water partition coefficient (Wildman–Crippen LogP) is 3.31. The molecule has 0 saturated heterocycles. The monoisotopic (exact) mass is 349 g/mol. The summed E-state index contributed by atoms with van der Waals surface area (Å²) in [6, 6.07) is 16.4. The first-order valence-corrected chi connectivity index (χ1v) is 8.14. The molecule has 1 amide bonds. The average Bonchev–Trinajstić information content (AvgIpc) is 3.11. The normalized spacial score (nSPS) is 12.1. The van der Waals surface area contributed by atoms with Crippen LogP contribution in [0.25, 0.3) is 6.08 Å². The highest BCUT2D eigenvalue weighted by molar-refractivity contribution is 5.92. The van der Waals surface area contributed by atoms with Crippen molar-refractivity contribution in [3.63, 3.8) is 0 Å². The molecule has 1 heterocycles. The molecule has 0 aliphatic rings. The molecule has 0 aliphatic carbocycles. The second-order valence-corrected chi connectivity index (χ2v) is 5.60. The molecule has 3 rings (SSSR count). The number of para-hydroxylation sites is 1. The van der Waals surface area contributed by atoms with Gasteiger partial charge in [-0.1, -0.05) is 53.7 Å². The first kappa shape index (κ1) is 17.4. The van der Waals surface area contributed by atoms with Crippen LogP contribution in [-0.4, -0.2) is 23.2 Å². The predicted molar refractivity (Wildman–Crippen MR) is 97.5 cm³/mol. The van der Waals surface area contributed by atoms with Crippen molar-refractivity contribution in [2.45, 2.75) is 13.0 Å². The summed E-state index contributed by atoms with van der Waals surface area (Å²) in [4.78, 5) is 16.7. The van der Waals surface area contributed by atoms with E-state index in [1.807, 2.05) is 54.6 Å². The minimum absolute atomic E-state index is 0.271. The quantitative estimate of drug-likeness (QED) is 0.691. The number of nitrogens with one attached hydrogen (secondary N) is 1. The number of rotatable bonds is 6. The van der Waals surface area contributed by atoms with Gasteiger partial charge in [-0.2, -0.15) is 4.98 Å². The molecule has 6 heteroatoms. The number of benzene rings is 2. The summed E-state index contributed by atoms with van der Waals surface area (Å²) >= 11 is 0. The zero-order chi connectivity index (χ0) is 18.4. The van der Waals surface area contributed by atoms with Crippen LogP contribution in [0, 0.1) is 6.92 Å². The summed E-state index contributed by atoms with van der Waals surface area (Å²) in [5.41, 5.74) is 1.68. The van der Waals surface area contributed by atoms with Crippen LogP contribution in [0.4, 0.5) is 0 Å². The molecule has 0 fully saturated rings. The number of carbonyl (C=O) groups excluding carboxylic acids is 1. The van der Waals surface area contributed by atoms with E-state index in [1.54, 1.807) is 20.1 Å². The highest BCUT2D eigenvalue weighted by atomic mass is 16.5. The molecule has 0 saturated carbocycles. The van der Waals surface area contributed by atoms with Gasteiger partial charge >= 0.3 is 0 Å². The van der Waals surface area contributed by atoms with Crippen molar-refractivity contribution in [1.29, 1.82) is 0 Å². The van der Waals surface area contributed by atoms with E-state index in [0.717, 1.165) is 11.1 Å². The third-order valence-electron chi connectivity index (χ3n) is 3.76. The van der Waals surface area contributed by atoms with Gasteiger partial charge in [0.15, 0.2) is 5.82 Å². The maximum atomic E-state index is 12.5. The molecular formula is C20H19N3O3. The Bertz CT molecular complexity index is 903. The van der Waals surface area contributed by atoms with Crippen molar-refractivity contribution in [2.24, 2.45) is 0 Å². The van der Waals surface area contributed by atoms with E-state index < -0.39 is 6.04 Å². The lowest BCUT2D eigenvalue weighted by Crippen LogP contribution is -2.29. The van der Waals surface area contributed by atoms with E-state index in [1.165, 1.54) is 6.08 Å². The van der Waals surface area contributed by atoms with E-state index in [9.17, 15) is 4.79 Å². The van der Waals surface area contributed by atoms with Crippen molar-refractivity contribution < 1.29 is 14.1 Å². The molecule has 6 nitrogen and oxygen atoms in total. The lowest BCUT2D eigenvalue weighted by molar-refractivity contribution is -0.117. The molecule has 2 aromatic carbocycles. The number of hydrogen-bond donors (Lipinski definition) is 1. The molecule has 3 aromatic rings. The van der Waals surface area contributed by atoms with Gasteiger partial charge in [-0.15, -0.1) is 0 Å². The molecular weight excluding hydrogens is 330 g/mol. The van der Waals surface area contributed by atoms with E-state index in [4.69, 9.17) is 9.26 Å². The summed E-state index contributed by atoms with van der Waals surface area (Å²) in [6.45, 7) is 1.70. The molecule has 132 valence electrons. The number of aryl methyl sites for hydroxylation is 1. The van der Waals surface area contributed by atoms with Gasteiger partial charge in [-0.25, -0.2) is 0 Å². The third kappa shape index (κ3) is 4.16. The van der Waals surface area contributed by atoms with Crippen LogP contribution in [0.3, 0.4) is 0 Å². The van der Waals surface area contributed by atoms with Crippen LogP contribution < -0.4 is 10.1 Å². The standard InChI is InChI=1S/C20H19N3O3/c1-14-21-20(23-26-14)19(16-10-6-7-11-17(16)25-2)22-18(24)13-12-15-8-4-3-5-9-15/h3-13,19H,1-2H3,(H,22,24)/b13-12+/t19-/m1/s1. The van der Waals surface area contributed by atoms with Crippen molar-refractivity contribution >= 4 is 12.0 Å². The van der Waals surface area contributed by atoms with Gasteiger partial charge in [0.05, 0.1) is 7.11 Å². The lowest BCUT2D eigenvalue weighted by Gasteiger charge is -2.17.